The van der Waals surface area contributed by atoms with Crippen LogP contribution in [-0.2, 0) is 6.54 Å². The molecule has 2 heterocycles. The predicted octanol–water partition coefficient (Wildman–Crippen LogP) is 2.79. The Morgan fingerprint density at radius 1 is 1.15 bits per heavy atom. The highest BCUT2D eigenvalue weighted by molar-refractivity contribution is 5.62. The lowest BCUT2D eigenvalue weighted by molar-refractivity contribution is 1.04. The average Bonchev–Trinajstić information content (AvgIpc) is 2.93. The third-order valence-electron chi connectivity index (χ3n) is 2.92. The summed E-state index contributed by atoms with van der Waals surface area (Å²) in [4.78, 5) is 8.62. The van der Waals surface area contributed by atoms with Gasteiger partial charge in [0.2, 0.25) is 0 Å². The number of rotatable bonds is 4. The average molecular weight is 265 g/mol. The van der Waals surface area contributed by atoms with Gasteiger partial charge >= 0.3 is 0 Å². The Morgan fingerprint density at radius 3 is 2.85 bits per heavy atom. The van der Waals surface area contributed by atoms with E-state index in [1.165, 1.54) is 0 Å². The first-order valence-corrected chi connectivity index (χ1v) is 6.44. The molecule has 5 nitrogen and oxygen atoms in total. The quantitative estimate of drug-likeness (QED) is 0.761. The number of nitrogens with one attached hydrogen (secondary N) is 2. The number of hydrogen-bond acceptors (Lipinski definition) is 4. The van der Waals surface area contributed by atoms with E-state index in [0.717, 1.165) is 22.8 Å². The lowest BCUT2D eigenvalue weighted by Gasteiger charge is -2.06. The fourth-order valence-corrected chi connectivity index (χ4v) is 1.94. The first kappa shape index (κ1) is 12.3. The molecule has 0 aliphatic rings. The molecule has 2 N–H and O–H groups in total. The van der Waals surface area contributed by atoms with Gasteiger partial charge < -0.3 is 5.32 Å². The molecule has 0 amide bonds. The van der Waals surface area contributed by atoms with E-state index < -0.39 is 0 Å². The first-order valence-electron chi connectivity index (χ1n) is 6.44. The van der Waals surface area contributed by atoms with Crippen molar-refractivity contribution in [3.05, 3.63) is 60.2 Å². The Kier molecular flexibility index (Phi) is 3.41. The number of anilines is 1. The molecule has 100 valence electrons. The molecule has 0 atom stereocenters. The van der Waals surface area contributed by atoms with Crippen LogP contribution in [0.15, 0.2) is 48.7 Å². The smallest absolute Gasteiger partial charge is 0.181 e. The van der Waals surface area contributed by atoms with E-state index in [9.17, 15) is 0 Å². The molecule has 0 fully saturated rings. The lowest BCUT2D eigenvalue weighted by atomic mass is 10.2. The zero-order valence-corrected chi connectivity index (χ0v) is 11.2. The molecule has 0 unspecified atom stereocenters. The molecule has 20 heavy (non-hydrogen) atoms. The summed E-state index contributed by atoms with van der Waals surface area (Å²) in [5.41, 5.74) is 3.02. The minimum atomic E-state index is 0.692. The Hall–Kier alpha value is -2.69. The van der Waals surface area contributed by atoms with Gasteiger partial charge in [0.1, 0.15) is 5.82 Å². The molecular formula is C15H15N5. The van der Waals surface area contributed by atoms with Gasteiger partial charge in [-0.05, 0) is 31.2 Å². The first-order chi connectivity index (χ1) is 9.81. The highest BCUT2D eigenvalue weighted by Crippen LogP contribution is 2.19. The van der Waals surface area contributed by atoms with Crippen molar-refractivity contribution in [1.29, 1.82) is 0 Å². The monoisotopic (exact) mass is 265 g/mol. The van der Waals surface area contributed by atoms with Crippen LogP contribution in [0, 0.1) is 6.92 Å². The normalized spacial score (nSPS) is 10.4. The molecule has 1 aromatic carbocycles. The van der Waals surface area contributed by atoms with Crippen molar-refractivity contribution in [1.82, 2.24) is 20.2 Å². The van der Waals surface area contributed by atoms with Gasteiger partial charge in [-0.15, -0.1) is 0 Å². The Labute approximate surface area is 117 Å². The number of nitrogens with zero attached hydrogens (tertiary/aromatic N) is 3. The summed E-state index contributed by atoms with van der Waals surface area (Å²) in [7, 11) is 0. The summed E-state index contributed by atoms with van der Waals surface area (Å²) >= 11 is 0. The molecule has 0 aliphatic heterocycles. The van der Waals surface area contributed by atoms with Crippen LogP contribution < -0.4 is 5.32 Å². The number of pyridine rings is 1. The second-order valence-corrected chi connectivity index (χ2v) is 4.50. The fourth-order valence-electron chi connectivity index (χ4n) is 1.94. The van der Waals surface area contributed by atoms with Crippen LogP contribution in [0.4, 0.5) is 5.69 Å². The molecule has 2 aromatic heterocycles. The maximum Gasteiger partial charge on any atom is 0.181 e. The van der Waals surface area contributed by atoms with Crippen molar-refractivity contribution in [3.63, 3.8) is 0 Å². The van der Waals surface area contributed by atoms with Gasteiger partial charge in [-0.25, -0.2) is 4.98 Å². The van der Waals surface area contributed by atoms with Crippen LogP contribution in [-0.4, -0.2) is 20.2 Å². The van der Waals surface area contributed by atoms with Crippen molar-refractivity contribution in [2.75, 3.05) is 5.32 Å². The zero-order chi connectivity index (χ0) is 13.8. The number of benzene rings is 1. The van der Waals surface area contributed by atoms with Crippen LogP contribution in [0.25, 0.3) is 11.4 Å². The minimum absolute atomic E-state index is 0.692. The topological polar surface area (TPSA) is 66.5 Å². The second kappa shape index (κ2) is 5.52. The fraction of sp³-hybridized carbons (Fsp3) is 0.133. The van der Waals surface area contributed by atoms with Crippen molar-refractivity contribution < 1.29 is 0 Å². The summed E-state index contributed by atoms with van der Waals surface area (Å²) in [5, 5.41) is 10.4. The van der Waals surface area contributed by atoms with Gasteiger partial charge in [-0.3, -0.25) is 10.1 Å². The molecule has 3 aromatic rings. The van der Waals surface area contributed by atoms with E-state index in [4.69, 9.17) is 0 Å². The molecule has 0 aliphatic carbocycles. The third-order valence-corrected chi connectivity index (χ3v) is 2.92. The number of aromatic amines is 1. The third kappa shape index (κ3) is 2.83. The summed E-state index contributed by atoms with van der Waals surface area (Å²) in [6, 6.07) is 13.9. The van der Waals surface area contributed by atoms with Crippen LogP contribution in [0.3, 0.4) is 0 Å². The van der Waals surface area contributed by atoms with E-state index in [2.05, 4.69) is 25.5 Å². The van der Waals surface area contributed by atoms with Gasteiger partial charge in [-0.1, -0.05) is 18.2 Å². The molecule has 0 bridgehead atoms. The van der Waals surface area contributed by atoms with Crippen LogP contribution in [0.2, 0.25) is 0 Å². The summed E-state index contributed by atoms with van der Waals surface area (Å²) in [6.45, 7) is 2.58. The van der Waals surface area contributed by atoms with E-state index in [-0.39, 0.29) is 0 Å². The highest BCUT2D eigenvalue weighted by atomic mass is 15.2. The van der Waals surface area contributed by atoms with Crippen molar-refractivity contribution >= 4 is 5.69 Å². The minimum Gasteiger partial charge on any atom is -0.379 e. The zero-order valence-electron chi connectivity index (χ0n) is 11.2. The molecule has 0 saturated carbocycles. The number of aryl methyl sites for hydroxylation is 1. The molecule has 0 spiro atoms. The standard InChI is InChI=1S/C15H15N5/c1-11-18-15(20-19-11)12-5-4-7-13(9-12)17-10-14-6-2-3-8-16-14/h2-9,17H,10H2,1H3,(H,18,19,20). The highest BCUT2D eigenvalue weighted by Gasteiger charge is 2.04. The Morgan fingerprint density at radius 2 is 2.10 bits per heavy atom. The maximum atomic E-state index is 4.33. The van der Waals surface area contributed by atoms with Crippen molar-refractivity contribution in [2.24, 2.45) is 0 Å². The summed E-state index contributed by atoms with van der Waals surface area (Å²) in [5.74, 6) is 1.52. The Balaban J connectivity index is 1.75. The van der Waals surface area contributed by atoms with E-state index in [1.807, 2.05) is 49.4 Å². The molecule has 0 radical (unpaired) electrons. The second-order valence-electron chi connectivity index (χ2n) is 4.50. The summed E-state index contributed by atoms with van der Waals surface area (Å²) < 4.78 is 0. The van der Waals surface area contributed by atoms with Gasteiger partial charge in [0.05, 0.1) is 12.2 Å². The van der Waals surface area contributed by atoms with Crippen LogP contribution in [0.5, 0.6) is 0 Å². The largest absolute Gasteiger partial charge is 0.379 e. The number of aromatic nitrogens is 4. The molecular weight excluding hydrogens is 250 g/mol. The van der Waals surface area contributed by atoms with Crippen LogP contribution >= 0.6 is 0 Å². The maximum absolute atomic E-state index is 4.33. The Bertz CT molecular complexity index is 690. The van der Waals surface area contributed by atoms with Gasteiger partial charge in [-0.2, -0.15) is 5.10 Å². The van der Waals surface area contributed by atoms with Crippen molar-refractivity contribution in [2.45, 2.75) is 13.5 Å². The van der Waals surface area contributed by atoms with E-state index >= 15 is 0 Å². The van der Waals surface area contributed by atoms with Gasteiger partial charge in [0.15, 0.2) is 5.82 Å². The van der Waals surface area contributed by atoms with Gasteiger partial charge in [0.25, 0.3) is 0 Å². The van der Waals surface area contributed by atoms with E-state index in [1.54, 1.807) is 6.20 Å². The lowest BCUT2D eigenvalue weighted by Crippen LogP contribution is -2.01. The van der Waals surface area contributed by atoms with E-state index in [0.29, 0.717) is 12.4 Å². The SMILES string of the molecule is Cc1nc(-c2cccc(NCc3ccccn3)c2)n[nH]1. The number of hydrogen-bond donors (Lipinski definition) is 2. The van der Waals surface area contributed by atoms with Crippen molar-refractivity contribution in [3.8, 4) is 11.4 Å². The molecule has 0 saturated heterocycles. The predicted molar refractivity (Wildman–Crippen MR) is 78.1 cm³/mol. The number of H-pyrrole nitrogens is 1. The molecule has 3 rings (SSSR count). The van der Waals surface area contributed by atoms with Crippen LogP contribution in [0.1, 0.15) is 11.5 Å². The molecule has 5 heteroatoms. The van der Waals surface area contributed by atoms with Gasteiger partial charge in [0, 0.05) is 17.4 Å². The summed E-state index contributed by atoms with van der Waals surface area (Å²) in [6.07, 6.45) is 1.80.